The van der Waals surface area contributed by atoms with Crippen LogP contribution in [0.2, 0.25) is 0 Å². The van der Waals surface area contributed by atoms with Gasteiger partial charge in [0.2, 0.25) is 15.9 Å². The lowest BCUT2D eigenvalue weighted by Crippen LogP contribution is -2.47. The second-order valence-electron chi connectivity index (χ2n) is 3.81. The van der Waals surface area contributed by atoms with E-state index in [0.717, 1.165) is 4.47 Å². The molecule has 0 aliphatic carbocycles. The maximum Gasteiger partial charge on any atom is 0.246 e. The highest BCUT2D eigenvalue weighted by atomic mass is 79.9. The van der Waals surface area contributed by atoms with E-state index in [1.165, 1.54) is 0 Å². The number of benzene rings is 1. The number of rotatable bonds is 5. The van der Waals surface area contributed by atoms with E-state index in [1.54, 1.807) is 24.3 Å². The number of ether oxygens (including phenoxy) is 1. The van der Waals surface area contributed by atoms with Crippen molar-refractivity contribution in [1.82, 2.24) is 5.32 Å². The van der Waals surface area contributed by atoms with Crippen molar-refractivity contribution in [3.05, 3.63) is 28.7 Å². The fourth-order valence-corrected chi connectivity index (χ4v) is 1.83. The second kappa shape index (κ2) is 7.58. The molecule has 0 heterocycles. The molecule has 1 rings (SSSR count). The molecule has 0 fully saturated rings. The van der Waals surface area contributed by atoms with Crippen LogP contribution in [0.15, 0.2) is 28.7 Å². The van der Waals surface area contributed by atoms with Gasteiger partial charge in [-0.25, -0.2) is 0 Å². The smallest absolute Gasteiger partial charge is 0.246 e. The second-order valence-corrected chi connectivity index (χ2v) is 7.10. The van der Waals surface area contributed by atoms with Gasteiger partial charge in [0.25, 0.3) is 0 Å². The molecule has 1 unspecified atom stereocenters. The van der Waals surface area contributed by atoms with E-state index in [0.29, 0.717) is 18.6 Å². The average molecular weight is 390 g/mol. The largest absolute Gasteiger partial charge is 0.466 e. The monoisotopic (exact) mass is 387 g/mol. The highest BCUT2D eigenvalue weighted by Crippen LogP contribution is 2.32. The molecule has 0 bridgehead atoms. The molecule has 1 amide bonds. The number of carbonyl (C=O) groups is 1. The maximum absolute atomic E-state index is 11.6. The molecule has 0 aliphatic heterocycles. The molecule has 0 radical (unpaired) electrons. The first-order valence-corrected chi connectivity index (χ1v) is 7.54. The van der Waals surface area contributed by atoms with E-state index in [2.05, 4.69) is 21.2 Å². The van der Waals surface area contributed by atoms with Crippen LogP contribution >= 0.6 is 50.7 Å². The zero-order valence-electron chi connectivity index (χ0n) is 10.1. The van der Waals surface area contributed by atoms with Gasteiger partial charge in [-0.05, 0) is 30.7 Å². The Labute approximate surface area is 135 Å². The Bertz CT molecular complexity index is 420. The number of halogens is 4. The van der Waals surface area contributed by atoms with Crippen molar-refractivity contribution in [2.45, 2.75) is 29.8 Å². The lowest BCUT2D eigenvalue weighted by Gasteiger charge is -2.26. The molecule has 0 saturated heterocycles. The Morgan fingerprint density at radius 1 is 1.37 bits per heavy atom. The number of nitrogens with one attached hydrogen (secondary N) is 1. The van der Waals surface area contributed by atoms with Crippen molar-refractivity contribution in [2.24, 2.45) is 0 Å². The molecule has 3 nitrogen and oxygen atoms in total. The molecular weight excluding hydrogens is 376 g/mol. The van der Waals surface area contributed by atoms with E-state index >= 15 is 0 Å². The van der Waals surface area contributed by atoms with Gasteiger partial charge in [0, 0.05) is 10.9 Å². The normalized spacial score (nSPS) is 12.9. The molecular formula is C12H13BrCl3NO2. The zero-order chi connectivity index (χ0) is 14.5. The fourth-order valence-electron chi connectivity index (χ4n) is 1.27. The third-order valence-corrected chi connectivity index (χ3v) is 3.26. The van der Waals surface area contributed by atoms with Gasteiger partial charge in [0.15, 0.2) is 0 Å². The lowest BCUT2D eigenvalue weighted by atomic mass is 10.3. The highest BCUT2D eigenvalue weighted by Gasteiger charge is 2.36. The summed E-state index contributed by atoms with van der Waals surface area (Å²) < 4.78 is 4.65. The SMILES string of the molecule is CCCC(=O)NC(Oc1ccc(Br)cc1)C(Cl)(Cl)Cl. The summed E-state index contributed by atoms with van der Waals surface area (Å²) in [5, 5.41) is 2.55. The van der Waals surface area contributed by atoms with Gasteiger partial charge in [-0.15, -0.1) is 0 Å². The van der Waals surface area contributed by atoms with Crippen molar-refractivity contribution in [2.75, 3.05) is 0 Å². The summed E-state index contributed by atoms with van der Waals surface area (Å²) in [7, 11) is 0. The van der Waals surface area contributed by atoms with Gasteiger partial charge in [-0.1, -0.05) is 57.7 Å². The molecule has 7 heteroatoms. The third-order valence-electron chi connectivity index (χ3n) is 2.13. The van der Waals surface area contributed by atoms with E-state index < -0.39 is 10.0 Å². The van der Waals surface area contributed by atoms with Crippen LogP contribution in [0.1, 0.15) is 19.8 Å². The van der Waals surface area contributed by atoms with Gasteiger partial charge in [0.05, 0.1) is 0 Å². The van der Waals surface area contributed by atoms with Crippen molar-refractivity contribution < 1.29 is 9.53 Å². The first kappa shape index (κ1) is 16.9. The standard InChI is InChI=1S/C12H13BrCl3NO2/c1-2-3-10(18)17-11(12(14,15)16)19-9-6-4-8(13)5-7-9/h4-7,11H,2-3H2,1H3,(H,17,18). The van der Waals surface area contributed by atoms with Crippen LogP contribution in [0.25, 0.3) is 0 Å². The Kier molecular flexibility index (Phi) is 6.74. The molecule has 0 saturated carbocycles. The van der Waals surface area contributed by atoms with Crippen LogP contribution in [0.4, 0.5) is 0 Å². The summed E-state index contributed by atoms with van der Waals surface area (Å²) in [6.45, 7) is 1.89. The minimum absolute atomic E-state index is 0.226. The minimum Gasteiger partial charge on any atom is -0.466 e. The van der Waals surface area contributed by atoms with E-state index in [4.69, 9.17) is 39.5 Å². The molecule has 1 atom stereocenters. The Morgan fingerprint density at radius 3 is 2.42 bits per heavy atom. The maximum atomic E-state index is 11.6. The van der Waals surface area contributed by atoms with E-state index in [1.807, 2.05) is 6.92 Å². The first-order chi connectivity index (χ1) is 8.82. The van der Waals surface area contributed by atoms with Crippen LogP contribution in [-0.4, -0.2) is 15.9 Å². The van der Waals surface area contributed by atoms with Crippen LogP contribution in [0.3, 0.4) is 0 Å². The summed E-state index contributed by atoms with van der Waals surface area (Å²) in [6, 6.07) is 7.00. The third kappa shape index (κ3) is 6.21. The van der Waals surface area contributed by atoms with Crippen molar-refractivity contribution in [3.8, 4) is 5.75 Å². The average Bonchev–Trinajstić information content (AvgIpc) is 2.30. The number of amides is 1. The predicted molar refractivity (Wildman–Crippen MR) is 81.9 cm³/mol. The van der Waals surface area contributed by atoms with Crippen LogP contribution in [0.5, 0.6) is 5.75 Å². The zero-order valence-corrected chi connectivity index (χ0v) is 14.0. The van der Waals surface area contributed by atoms with E-state index in [9.17, 15) is 4.79 Å². The molecule has 1 aromatic rings. The van der Waals surface area contributed by atoms with Crippen LogP contribution in [0, 0.1) is 0 Å². The number of hydrogen-bond donors (Lipinski definition) is 1. The van der Waals surface area contributed by atoms with E-state index in [-0.39, 0.29) is 5.91 Å². The summed E-state index contributed by atoms with van der Waals surface area (Å²) in [6.07, 6.45) is 0.00944. The summed E-state index contributed by atoms with van der Waals surface area (Å²) in [5.41, 5.74) is 0. The lowest BCUT2D eigenvalue weighted by molar-refractivity contribution is -0.123. The Balaban J connectivity index is 2.75. The van der Waals surface area contributed by atoms with Crippen molar-refractivity contribution in [3.63, 3.8) is 0 Å². The summed E-state index contributed by atoms with van der Waals surface area (Å²) >= 11 is 20.7. The topological polar surface area (TPSA) is 38.3 Å². The molecule has 19 heavy (non-hydrogen) atoms. The Hall–Kier alpha value is -0.160. The number of alkyl halides is 3. The van der Waals surface area contributed by atoms with Gasteiger partial charge < -0.3 is 10.1 Å². The Morgan fingerprint density at radius 2 is 1.95 bits per heavy atom. The van der Waals surface area contributed by atoms with Crippen LogP contribution in [-0.2, 0) is 4.79 Å². The molecule has 1 aromatic carbocycles. The fraction of sp³-hybridized carbons (Fsp3) is 0.417. The predicted octanol–water partition coefficient (Wildman–Crippen LogP) is 4.44. The summed E-state index contributed by atoms with van der Waals surface area (Å²) in [5.74, 6) is 0.271. The molecule has 106 valence electrons. The van der Waals surface area contributed by atoms with Crippen molar-refractivity contribution in [1.29, 1.82) is 0 Å². The van der Waals surface area contributed by atoms with Crippen LogP contribution < -0.4 is 10.1 Å². The van der Waals surface area contributed by atoms with Gasteiger partial charge in [-0.2, -0.15) is 0 Å². The molecule has 1 N–H and O–H groups in total. The highest BCUT2D eigenvalue weighted by molar-refractivity contribution is 9.10. The van der Waals surface area contributed by atoms with Gasteiger partial charge in [0.1, 0.15) is 5.75 Å². The van der Waals surface area contributed by atoms with Gasteiger partial charge in [-0.3, -0.25) is 4.79 Å². The molecule has 0 spiro atoms. The summed E-state index contributed by atoms with van der Waals surface area (Å²) in [4.78, 5) is 11.6. The first-order valence-electron chi connectivity index (χ1n) is 5.61. The van der Waals surface area contributed by atoms with Crippen molar-refractivity contribution >= 4 is 56.6 Å². The molecule has 0 aliphatic rings. The van der Waals surface area contributed by atoms with Gasteiger partial charge >= 0.3 is 0 Å². The molecule has 0 aromatic heterocycles. The number of hydrogen-bond acceptors (Lipinski definition) is 2. The quantitative estimate of drug-likeness (QED) is 0.597. The number of carbonyl (C=O) groups excluding carboxylic acids is 1. The minimum atomic E-state index is -1.75.